The first-order valence-electron chi connectivity index (χ1n) is 7.79. The maximum atomic E-state index is 12.2. The van der Waals surface area contributed by atoms with Crippen molar-refractivity contribution in [1.29, 1.82) is 0 Å². The van der Waals surface area contributed by atoms with Gasteiger partial charge in [-0.2, -0.15) is 5.10 Å². The Morgan fingerprint density at radius 3 is 1.79 bits per heavy atom. The normalized spacial score (nSPS) is 11.1. The summed E-state index contributed by atoms with van der Waals surface area (Å²) in [6.07, 6.45) is 0. The SMILES string of the molecule is Cc1ccc(C(=NNC(=O)c2ccccc2)c2ccccc2)cc1. The average molecular weight is 314 g/mol. The minimum absolute atomic E-state index is 0.226. The predicted molar refractivity (Wildman–Crippen MR) is 97.2 cm³/mol. The average Bonchev–Trinajstić information content (AvgIpc) is 2.65. The van der Waals surface area contributed by atoms with Gasteiger partial charge < -0.3 is 0 Å². The second kappa shape index (κ2) is 7.38. The first kappa shape index (κ1) is 15.7. The second-order valence-electron chi connectivity index (χ2n) is 5.50. The zero-order valence-corrected chi connectivity index (χ0v) is 13.4. The Hall–Kier alpha value is -3.20. The summed E-state index contributed by atoms with van der Waals surface area (Å²) < 4.78 is 0. The van der Waals surface area contributed by atoms with Crippen molar-refractivity contribution in [2.75, 3.05) is 0 Å². The van der Waals surface area contributed by atoms with Crippen LogP contribution in [0.5, 0.6) is 0 Å². The Bertz CT molecular complexity index is 838. The number of nitrogens with zero attached hydrogens (tertiary/aromatic N) is 1. The van der Waals surface area contributed by atoms with Crippen LogP contribution in [0.1, 0.15) is 27.0 Å². The van der Waals surface area contributed by atoms with Crippen molar-refractivity contribution in [3.63, 3.8) is 0 Å². The van der Waals surface area contributed by atoms with Crippen LogP contribution in [-0.4, -0.2) is 11.6 Å². The molecule has 0 saturated carbocycles. The molecule has 3 rings (SSSR count). The zero-order valence-electron chi connectivity index (χ0n) is 13.4. The first-order valence-corrected chi connectivity index (χ1v) is 7.79. The van der Waals surface area contributed by atoms with Crippen molar-refractivity contribution in [3.05, 3.63) is 107 Å². The third kappa shape index (κ3) is 3.76. The van der Waals surface area contributed by atoms with E-state index in [0.29, 0.717) is 5.56 Å². The number of hydrogen-bond acceptors (Lipinski definition) is 2. The summed E-state index contributed by atoms with van der Waals surface area (Å²) in [6, 6.07) is 27.0. The van der Waals surface area contributed by atoms with E-state index >= 15 is 0 Å². The summed E-state index contributed by atoms with van der Waals surface area (Å²) in [7, 11) is 0. The van der Waals surface area contributed by atoms with Crippen LogP contribution >= 0.6 is 0 Å². The number of carbonyl (C=O) groups is 1. The summed E-state index contributed by atoms with van der Waals surface area (Å²) in [5.41, 5.74) is 7.07. The maximum Gasteiger partial charge on any atom is 0.271 e. The lowest BCUT2D eigenvalue weighted by atomic mass is 10.0. The van der Waals surface area contributed by atoms with Gasteiger partial charge in [-0.1, -0.05) is 78.4 Å². The number of hydrazone groups is 1. The van der Waals surface area contributed by atoms with Crippen LogP contribution in [0.4, 0.5) is 0 Å². The topological polar surface area (TPSA) is 41.5 Å². The Morgan fingerprint density at radius 1 is 0.708 bits per heavy atom. The maximum absolute atomic E-state index is 12.2. The Labute approximate surface area is 141 Å². The van der Waals surface area contributed by atoms with Gasteiger partial charge in [-0.25, -0.2) is 5.43 Å². The minimum atomic E-state index is -0.226. The van der Waals surface area contributed by atoms with Crippen molar-refractivity contribution in [1.82, 2.24) is 5.43 Å². The Kier molecular flexibility index (Phi) is 4.82. The molecule has 0 bridgehead atoms. The van der Waals surface area contributed by atoms with E-state index < -0.39 is 0 Å². The highest BCUT2D eigenvalue weighted by Crippen LogP contribution is 2.12. The molecule has 0 aliphatic heterocycles. The molecule has 3 heteroatoms. The molecule has 1 N–H and O–H groups in total. The molecule has 0 aliphatic carbocycles. The summed E-state index contributed by atoms with van der Waals surface area (Å²) in [5.74, 6) is -0.226. The van der Waals surface area contributed by atoms with Gasteiger partial charge in [-0.05, 0) is 19.1 Å². The number of aryl methyl sites for hydroxylation is 1. The fraction of sp³-hybridized carbons (Fsp3) is 0.0476. The summed E-state index contributed by atoms with van der Waals surface area (Å²) in [6.45, 7) is 2.04. The summed E-state index contributed by atoms with van der Waals surface area (Å²) >= 11 is 0. The molecule has 0 saturated heterocycles. The van der Waals surface area contributed by atoms with E-state index in [1.165, 1.54) is 5.56 Å². The van der Waals surface area contributed by atoms with Crippen molar-refractivity contribution in [3.8, 4) is 0 Å². The number of carbonyl (C=O) groups excluding carboxylic acids is 1. The van der Waals surface area contributed by atoms with Gasteiger partial charge >= 0.3 is 0 Å². The van der Waals surface area contributed by atoms with E-state index in [1.807, 2.05) is 79.7 Å². The van der Waals surface area contributed by atoms with Gasteiger partial charge in [0.15, 0.2) is 0 Å². The van der Waals surface area contributed by atoms with Crippen LogP contribution in [0.15, 0.2) is 90.0 Å². The van der Waals surface area contributed by atoms with Gasteiger partial charge in [-0.3, -0.25) is 4.79 Å². The molecule has 0 spiro atoms. The fourth-order valence-corrected chi connectivity index (χ4v) is 2.36. The molecule has 3 nitrogen and oxygen atoms in total. The van der Waals surface area contributed by atoms with Gasteiger partial charge in [0.25, 0.3) is 5.91 Å². The molecule has 118 valence electrons. The smallest absolute Gasteiger partial charge is 0.267 e. The molecule has 0 atom stereocenters. The molecule has 0 radical (unpaired) electrons. The highest BCUT2D eigenvalue weighted by Gasteiger charge is 2.09. The summed E-state index contributed by atoms with van der Waals surface area (Å²) in [5, 5.41) is 4.39. The van der Waals surface area contributed by atoms with Crippen LogP contribution in [0.3, 0.4) is 0 Å². The Morgan fingerprint density at radius 2 is 1.21 bits per heavy atom. The van der Waals surface area contributed by atoms with Crippen molar-refractivity contribution < 1.29 is 4.79 Å². The van der Waals surface area contributed by atoms with Gasteiger partial charge in [0, 0.05) is 16.7 Å². The molecule has 3 aromatic carbocycles. The monoisotopic (exact) mass is 314 g/mol. The third-order valence-electron chi connectivity index (χ3n) is 3.68. The molecule has 0 aliphatic rings. The molecule has 1 amide bonds. The summed E-state index contributed by atoms with van der Waals surface area (Å²) in [4.78, 5) is 12.2. The highest BCUT2D eigenvalue weighted by molar-refractivity contribution is 6.13. The van der Waals surface area contributed by atoms with Crippen LogP contribution in [-0.2, 0) is 0 Å². The Balaban J connectivity index is 1.93. The molecule has 3 aromatic rings. The fourth-order valence-electron chi connectivity index (χ4n) is 2.36. The van der Waals surface area contributed by atoms with Crippen molar-refractivity contribution in [2.45, 2.75) is 6.92 Å². The van der Waals surface area contributed by atoms with E-state index in [1.54, 1.807) is 12.1 Å². The lowest BCUT2D eigenvalue weighted by Crippen LogP contribution is -2.20. The number of nitrogens with one attached hydrogen (secondary N) is 1. The molecule has 0 heterocycles. The largest absolute Gasteiger partial charge is 0.271 e. The lowest BCUT2D eigenvalue weighted by Gasteiger charge is -2.08. The molecule has 0 fully saturated rings. The van der Waals surface area contributed by atoms with Crippen LogP contribution in [0, 0.1) is 6.92 Å². The number of benzene rings is 3. The van der Waals surface area contributed by atoms with Gasteiger partial charge in [0.2, 0.25) is 0 Å². The quantitative estimate of drug-likeness (QED) is 0.570. The van der Waals surface area contributed by atoms with Crippen LogP contribution in [0.2, 0.25) is 0 Å². The van der Waals surface area contributed by atoms with Crippen LogP contribution < -0.4 is 5.43 Å². The number of rotatable bonds is 4. The number of amides is 1. The van der Waals surface area contributed by atoms with Gasteiger partial charge in [-0.15, -0.1) is 0 Å². The number of hydrogen-bond donors (Lipinski definition) is 1. The van der Waals surface area contributed by atoms with E-state index in [4.69, 9.17) is 0 Å². The van der Waals surface area contributed by atoms with E-state index in [0.717, 1.165) is 16.8 Å². The molecular formula is C21H18N2O. The lowest BCUT2D eigenvalue weighted by molar-refractivity contribution is 0.0955. The zero-order chi connectivity index (χ0) is 16.8. The predicted octanol–water partition coefficient (Wildman–Crippen LogP) is 4.18. The molecule has 0 aromatic heterocycles. The van der Waals surface area contributed by atoms with Gasteiger partial charge in [0.05, 0.1) is 5.71 Å². The van der Waals surface area contributed by atoms with E-state index in [9.17, 15) is 4.79 Å². The van der Waals surface area contributed by atoms with Gasteiger partial charge in [0.1, 0.15) is 0 Å². The van der Waals surface area contributed by atoms with Crippen LogP contribution in [0.25, 0.3) is 0 Å². The molecule has 0 unspecified atom stereocenters. The highest BCUT2D eigenvalue weighted by atomic mass is 16.2. The standard InChI is InChI=1S/C21H18N2O/c1-16-12-14-18(15-13-16)20(17-8-4-2-5-9-17)22-23-21(24)19-10-6-3-7-11-19/h2-15H,1H3,(H,23,24). The molecular weight excluding hydrogens is 296 g/mol. The minimum Gasteiger partial charge on any atom is -0.267 e. The van der Waals surface area contributed by atoms with E-state index in [2.05, 4.69) is 10.5 Å². The second-order valence-corrected chi connectivity index (χ2v) is 5.50. The first-order chi connectivity index (χ1) is 11.7. The van der Waals surface area contributed by atoms with E-state index in [-0.39, 0.29) is 5.91 Å². The third-order valence-corrected chi connectivity index (χ3v) is 3.68. The van der Waals surface area contributed by atoms with Crippen molar-refractivity contribution >= 4 is 11.6 Å². The van der Waals surface area contributed by atoms with Crippen molar-refractivity contribution in [2.24, 2.45) is 5.10 Å². The molecule has 24 heavy (non-hydrogen) atoms.